The number of hydrogen-bond donors (Lipinski definition) is 0. The molecule has 40 valence electrons. The highest BCUT2D eigenvalue weighted by molar-refractivity contribution is 9.10. The number of halogens is 2. The molecular formula is C5H6BrCl. The maximum atomic E-state index is 5.91. The van der Waals surface area contributed by atoms with Gasteiger partial charge in [-0.3, -0.25) is 0 Å². The first-order chi connectivity index (χ1) is 3.16. The molecule has 2 aliphatic carbocycles. The van der Waals surface area contributed by atoms with Gasteiger partial charge in [-0.1, -0.05) is 15.9 Å². The van der Waals surface area contributed by atoms with Crippen molar-refractivity contribution in [2.45, 2.75) is 23.0 Å². The van der Waals surface area contributed by atoms with E-state index >= 15 is 0 Å². The largest absolute Gasteiger partial charge is 0.106 e. The first-order valence-corrected chi connectivity index (χ1v) is 3.71. The summed E-state index contributed by atoms with van der Waals surface area (Å²) in [4.78, 5) is 0. The Kier molecular flexibility index (Phi) is 0.599. The molecule has 2 saturated carbocycles. The fourth-order valence-corrected chi connectivity index (χ4v) is 2.45. The SMILES string of the molecule is ClC1(Br)CC12CC2. The van der Waals surface area contributed by atoms with Crippen LogP contribution in [0, 0.1) is 5.41 Å². The van der Waals surface area contributed by atoms with Crippen LogP contribution in [0.3, 0.4) is 0 Å². The van der Waals surface area contributed by atoms with E-state index in [1.165, 1.54) is 19.3 Å². The predicted molar refractivity (Wildman–Crippen MR) is 33.8 cm³/mol. The Morgan fingerprint density at radius 2 is 1.86 bits per heavy atom. The van der Waals surface area contributed by atoms with E-state index in [4.69, 9.17) is 11.6 Å². The fraction of sp³-hybridized carbons (Fsp3) is 1.00. The molecule has 0 heterocycles. The molecular weight excluding hydrogens is 175 g/mol. The first kappa shape index (κ1) is 4.63. The van der Waals surface area contributed by atoms with Gasteiger partial charge < -0.3 is 0 Å². The minimum atomic E-state index is 0.0417. The topological polar surface area (TPSA) is 0 Å². The van der Waals surface area contributed by atoms with Crippen molar-refractivity contribution < 1.29 is 0 Å². The van der Waals surface area contributed by atoms with E-state index in [9.17, 15) is 0 Å². The summed E-state index contributed by atoms with van der Waals surface area (Å²) in [7, 11) is 0. The molecule has 0 N–H and O–H groups in total. The minimum absolute atomic E-state index is 0.0417. The molecule has 1 atom stereocenters. The van der Waals surface area contributed by atoms with Crippen LogP contribution in [0.2, 0.25) is 0 Å². The van der Waals surface area contributed by atoms with Crippen molar-refractivity contribution in [2.75, 3.05) is 0 Å². The van der Waals surface area contributed by atoms with Gasteiger partial charge in [0, 0.05) is 5.41 Å². The molecule has 2 rings (SSSR count). The van der Waals surface area contributed by atoms with Crippen molar-refractivity contribution in [3.8, 4) is 0 Å². The quantitative estimate of drug-likeness (QED) is 0.504. The van der Waals surface area contributed by atoms with Crippen molar-refractivity contribution in [1.29, 1.82) is 0 Å². The smallest absolute Gasteiger partial charge is 0.106 e. The molecule has 7 heavy (non-hydrogen) atoms. The van der Waals surface area contributed by atoms with E-state index in [2.05, 4.69) is 15.9 Å². The average molecular weight is 181 g/mol. The van der Waals surface area contributed by atoms with Crippen LogP contribution < -0.4 is 0 Å². The molecule has 2 aliphatic rings. The lowest BCUT2D eigenvalue weighted by molar-refractivity contribution is 0.888. The van der Waals surface area contributed by atoms with Gasteiger partial charge in [0.2, 0.25) is 0 Å². The standard InChI is InChI=1S/C5H6BrCl/c6-5(7)3-4(5)1-2-4/h1-3H2. The van der Waals surface area contributed by atoms with Gasteiger partial charge in [-0.05, 0) is 19.3 Å². The molecule has 0 aromatic heterocycles. The van der Waals surface area contributed by atoms with Gasteiger partial charge in [0.1, 0.15) is 3.78 Å². The summed E-state index contributed by atoms with van der Waals surface area (Å²) in [5.74, 6) is 0. The average Bonchev–Trinajstić information content (AvgIpc) is 2.22. The van der Waals surface area contributed by atoms with Crippen molar-refractivity contribution in [3.05, 3.63) is 0 Å². The van der Waals surface area contributed by atoms with Crippen molar-refractivity contribution in [3.63, 3.8) is 0 Å². The Hall–Kier alpha value is 0.770. The molecule has 0 aromatic carbocycles. The molecule has 0 saturated heterocycles. The zero-order valence-electron chi connectivity index (χ0n) is 3.88. The number of rotatable bonds is 0. The van der Waals surface area contributed by atoms with Gasteiger partial charge >= 0.3 is 0 Å². The van der Waals surface area contributed by atoms with E-state index < -0.39 is 0 Å². The van der Waals surface area contributed by atoms with Crippen LogP contribution in [0.4, 0.5) is 0 Å². The number of alkyl halides is 2. The molecule has 0 nitrogen and oxygen atoms in total. The lowest BCUT2D eigenvalue weighted by Gasteiger charge is -1.88. The van der Waals surface area contributed by atoms with Crippen LogP contribution >= 0.6 is 27.5 Å². The monoisotopic (exact) mass is 180 g/mol. The summed E-state index contributed by atoms with van der Waals surface area (Å²) in [5, 5.41) is 0. The van der Waals surface area contributed by atoms with Gasteiger partial charge in [0.25, 0.3) is 0 Å². The second-order valence-electron chi connectivity index (χ2n) is 2.66. The molecule has 2 fully saturated rings. The Morgan fingerprint density at radius 3 is 1.86 bits per heavy atom. The Balaban J connectivity index is 2.22. The van der Waals surface area contributed by atoms with E-state index in [-0.39, 0.29) is 3.78 Å². The molecule has 0 aliphatic heterocycles. The van der Waals surface area contributed by atoms with Crippen LogP contribution in [-0.4, -0.2) is 3.78 Å². The maximum absolute atomic E-state index is 5.91. The Morgan fingerprint density at radius 1 is 1.43 bits per heavy atom. The molecule has 1 unspecified atom stereocenters. The van der Waals surface area contributed by atoms with Gasteiger partial charge in [-0.25, -0.2) is 0 Å². The molecule has 2 heteroatoms. The highest BCUT2D eigenvalue weighted by Crippen LogP contribution is 2.78. The van der Waals surface area contributed by atoms with Crippen LogP contribution in [0.25, 0.3) is 0 Å². The third kappa shape index (κ3) is 0.437. The second kappa shape index (κ2) is 0.906. The van der Waals surface area contributed by atoms with E-state index in [1.54, 1.807) is 0 Å². The molecule has 1 spiro atoms. The lowest BCUT2D eigenvalue weighted by atomic mass is 10.4. The van der Waals surface area contributed by atoms with E-state index in [0.717, 1.165) is 0 Å². The van der Waals surface area contributed by atoms with Gasteiger partial charge in [-0.2, -0.15) is 0 Å². The minimum Gasteiger partial charge on any atom is -0.106 e. The molecule has 0 amide bonds. The van der Waals surface area contributed by atoms with Crippen LogP contribution in [-0.2, 0) is 0 Å². The van der Waals surface area contributed by atoms with Gasteiger partial charge in [0.15, 0.2) is 0 Å². The lowest BCUT2D eigenvalue weighted by Crippen LogP contribution is -1.84. The van der Waals surface area contributed by atoms with E-state index in [0.29, 0.717) is 5.41 Å². The van der Waals surface area contributed by atoms with Crippen LogP contribution in [0.15, 0.2) is 0 Å². The highest BCUT2D eigenvalue weighted by atomic mass is 79.9. The van der Waals surface area contributed by atoms with E-state index in [1.807, 2.05) is 0 Å². The normalized spacial score (nSPS) is 52.3. The van der Waals surface area contributed by atoms with Gasteiger partial charge in [0.05, 0.1) is 0 Å². The zero-order valence-corrected chi connectivity index (χ0v) is 6.22. The Labute approximate surface area is 56.4 Å². The third-order valence-corrected chi connectivity index (χ3v) is 3.72. The third-order valence-electron chi connectivity index (χ3n) is 2.06. The van der Waals surface area contributed by atoms with Crippen molar-refractivity contribution in [1.82, 2.24) is 0 Å². The molecule has 0 bridgehead atoms. The van der Waals surface area contributed by atoms with Crippen molar-refractivity contribution in [2.24, 2.45) is 5.41 Å². The van der Waals surface area contributed by atoms with Gasteiger partial charge in [-0.15, -0.1) is 11.6 Å². The van der Waals surface area contributed by atoms with Crippen molar-refractivity contribution >= 4 is 27.5 Å². The van der Waals surface area contributed by atoms with Crippen LogP contribution in [0.1, 0.15) is 19.3 Å². The predicted octanol–water partition coefficient (Wildman–Crippen LogP) is 2.50. The summed E-state index contributed by atoms with van der Waals surface area (Å²) in [6.07, 6.45) is 3.89. The molecule has 0 aromatic rings. The van der Waals surface area contributed by atoms with Crippen LogP contribution in [0.5, 0.6) is 0 Å². The zero-order chi connectivity index (χ0) is 5.12. The first-order valence-electron chi connectivity index (χ1n) is 2.54. The summed E-state index contributed by atoms with van der Waals surface area (Å²) in [6.45, 7) is 0. The second-order valence-corrected chi connectivity index (χ2v) is 5.12. The summed E-state index contributed by atoms with van der Waals surface area (Å²) < 4.78 is 0.0417. The number of hydrogen-bond acceptors (Lipinski definition) is 0. The summed E-state index contributed by atoms with van der Waals surface area (Å²) in [6, 6.07) is 0. The Bertz CT molecular complexity index is 113. The fourth-order valence-electron chi connectivity index (χ4n) is 1.07. The highest BCUT2D eigenvalue weighted by Gasteiger charge is 2.72. The summed E-state index contributed by atoms with van der Waals surface area (Å²) in [5.41, 5.74) is 0.578. The maximum Gasteiger partial charge on any atom is 0.106 e. The molecule has 0 radical (unpaired) electrons. The summed E-state index contributed by atoms with van der Waals surface area (Å²) >= 11 is 9.35.